The summed E-state index contributed by atoms with van der Waals surface area (Å²) in [6.07, 6.45) is 6.13. The Morgan fingerprint density at radius 2 is 1.92 bits per heavy atom. The summed E-state index contributed by atoms with van der Waals surface area (Å²) in [6.45, 7) is 4.76. The Balaban J connectivity index is 1.27. The molecule has 0 bridgehead atoms. The van der Waals surface area contributed by atoms with Crippen molar-refractivity contribution in [2.45, 2.75) is 45.6 Å². The van der Waals surface area contributed by atoms with Crippen LogP contribution in [0.3, 0.4) is 0 Å². The first-order chi connectivity index (χ1) is 17.5. The molecule has 5 aromatic rings. The summed E-state index contributed by atoms with van der Waals surface area (Å²) in [4.78, 5) is 23.8. The van der Waals surface area contributed by atoms with E-state index in [0.717, 1.165) is 41.8 Å². The van der Waals surface area contributed by atoms with Crippen LogP contribution in [0.2, 0.25) is 0 Å². The number of benzene rings is 1. The molecule has 0 amide bonds. The second-order valence-electron chi connectivity index (χ2n) is 8.91. The van der Waals surface area contributed by atoms with Gasteiger partial charge in [0.05, 0.1) is 24.4 Å². The van der Waals surface area contributed by atoms with Crippen molar-refractivity contribution in [3.05, 3.63) is 86.4 Å². The van der Waals surface area contributed by atoms with Crippen molar-refractivity contribution in [1.82, 2.24) is 34.6 Å². The average molecular weight is 502 g/mol. The number of tetrazole rings is 1. The Morgan fingerprint density at radius 1 is 1.08 bits per heavy atom. The Bertz CT molecular complexity index is 1540. The minimum absolute atomic E-state index is 0.223. The first-order valence-corrected chi connectivity index (χ1v) is 12.7. The van der Waals surface area contributed by atoms with Gasteiger partial charge in [0, 0.05) is 17.8 Å². The molecule has 0 atom stereocenters. The summed E-state index contributed by atoms with van der Waals surface area (Å²) in [6, 6.07) is 11.6. The number of pyridine rings is 1. The zero-order valence-electron chi connectivity index (χ0n) is 20.5. The first kappa shape index (κ1) is 23.8. The van der Waals surface area contributed by atoms with Gasteiger partial charge in [-0.05, 0) is 65.8 Å². The zero-order valence-corrected chi connectivity index (χ0v) is 21.3. The molecule has 9 nitrogen and oxygen atoms in total. The highest BCUT2D eigenvalue weighted by Crippen LogP contribution is 2.20. The summed E-state index contributed by atoms with van der Waals surface area (Å²) < 4.78 is 6.71. The number of fused-ring (bicyclic) bond motifs is 1. The molecular weight excluding hydrogens is 474 g/mol. The molecule has 0 radical (unpaired) electrons. The molecule has 0 spiro atoms. The van der Waals surface area contributed by atoms with Crippen LogP contribution < -0.4 is 10.3 Å². The molecule has 4 heterocycles. The van der Waals surface area contributed by atoms with E-state index in [0.29, 0.717) is 23.7 Å². The van der Waals surface area contributed by atoms with Gasteiger partial charge in [-0.3, -0.25) is 9.20 Å². The highest BCUT2D eigenvalue weighted by atomic mass is 32.1. The van der Waals surface area contributed by atoms with Gasteiger partial charge in [0.15, 0.2) is 0 Å². The minimum atomic E-state index is -0.223. The van der Waals surface area contributed by atoms with Crippen LogP contribution >= 0.6 is 11.3 Å². The van der Waals surface area contributed by atoms with Crippen molar-refractivity contribution >= 4 is 17.0 Å². The SMILES string of the molecule is COc1ccc(Cn2nnc(-c3cnc4cc(CCCc5nc(C(C)C)cs5)ccn4c3=O)n2)cc1. The van der Waals surface area contributed by atoms with Gasteiger partial charge in [-0.25, -0.2) is 9.97 Å². The molecule has 0 saturated heterocycles. The van der Waals surface area contributed by atoms with Gasteiger partial charge in [-0.1, -0.05) is 26.0 Å². The van der Waals surface area contributed by atoms with E-state index in [-0.39, 0.29) is 11.4 Å². The Morgan fingerprint density at radius 3 is 2.67 bits per heavy atom. The van der Waals surface area contributed by atoms with E-state index >= 15 is 0 Å². The molecule has 0 aliphatic rings. The molecule has 5 rings (SSSR count). The second kappa shape index (κ2) is 10.4. The lowest BCUT2D eigenvalue weighted by Gasteiger charge is -2.05. The molecule has 0 fully saturated rings. The van der Waals surface area contributed by atoms with Crippen molar-refractivity contribution < 1.29 is 4.74 Å². The van der Waals surface area contributed by atoms with Crippen molar-refractivity contribution in [3.63, 3.8) is 0 Å². The van der Waals surface area contributed by atoms with E-state index in [9.17, 15) is 4.79 Å². The van der Waals surface area contributed by atoms with Crippen molar-refractivity contribution in [2.75, 3.05) is 7.11 Å². The molecule has 4 aromatic heterocycles. The second-order valence-corrected chi connectivity index (χ2v) is 9.85. The highest BCUT2D eigenvalue weighted by molar-refractivity contribution is 7.09. The van der Waals surface area contributed by atoms with Crippen molar-refractivity contribution in [1.29, 1.82) is 0 Å². The molecule has 1 aromatic carbocycles. The van der Waals surface area contributed by atoms with Gasteiger partial charge in [-0.2, -0.15) is 4.80 Å². The van der Waals surface area contributed by atoms with Crippen LogP contribution in [0.1, 0.15) is 48.0 Å². The third-order valence-corrected chi connectivity index (χ3v) is 6.89. The summed E-state index contributed by atoms with van der Waals surface area (Å²) in [7, 11) is 1.63. The van der Waals surface area contributed by atoms with E-state index in [1.54, 1.807) is 24.6 Å². The molecule has 0 unspecified atom stereocenters. The van der Waals surface area contributed by atoms with Crippen molar-refractivity contribution in [3.8, 4) is 17.1 Å². The predicted molar refractivity (Wildman–Crippen MR) is 139 cm³/mol. The van der Waals surface area contributed by atoms with Gasteiger partial charge >= 0.3 is 0 Å². The van der Waals surface area contributed by atoms with E-state index in [1.165, 1.54) is 20.4 Å². The molecule has 36 heavy (non-hydrogen) atoms. The minimum Gasteiger partial charge on any atom is -0.497 e. The molecule has 0 aliphatic carbocycles. The standard InChI is InChI=1S/C26H27N7O2S/c1-17(2)22-16-36-24(28-22)6-4-5-18-11-12-32-23(13-18)27-14-21(26(32)34)25-29-31-33(30-25)15-19-7-9-20(35-3)10-8-19/h7-14,16-17H,4-6,15H2,1-3H3. The smallest absolute Gasteiger partial charge is 0.269 e. The molecule has 0 N–H and O–H groups in total. The summed E-state index contributed by atoms with van der Waals surface area (Å²) >= 11 is 1.73. The van der Waals surface area contributed by atoms with Gasteiger partial charge in [0.25, 0.3) is 5.56 Å². The fourth-order valence-electron chi connectivity index (χ4n) is 3.89. The van der Waals surface area contributed by atoms with Crippen LogP contribution in [0.15, 0.2) is 59.0 Å². The number of thiazole rings is 1. The van der Waals surface area contributed by atoms with Crippen LogP contribution in [0.4, 0.5) is 0 Å². The maximum absolute atomic E-state index is 13.1. The molecule has 0 aliphatic heterocycles. The maximum Gasteiger partial charge on any atom is 0.269 e. The quantitative estimate of drug-likeness (QED) is 0.299. The van der Waals surface area contributed by atoms with Gasteiger partial charge in [0.2, 0.25) is 5.82 Å². The lowest BCUT2D eigenvalue weighted by atomic mass is 10.1. The van der Waals surface area contributed by atoms with Crippen LogP contribution in [0.5, 0.6) is 5.75 Å². The van der Waals surface area contributed by atoms with Gasteiger partial charge < -0.3 is 4.74 Å². The van der Waals surface area contributed by atoms with Gasteiger partial charge in [0.1, 0.15) is 17.0 Å². The van der Waals surface area contributed by atoms with Gasteiger partial charge in [-0.15, -0.1) is 21.5 Å². The number of aryl methyl sites for hydroxylation is 2. The molecular formula is C26H27N7O2S. The number of hydrogen-bond acceptors (Lipinski definition) is 8. The highest BCUT2D eigenvalue weighted by Gasteiger charge is 2.14. The number of ether oxygens (including phenoxy) is 1. The molecule has 184 valence electrons. The summed E-state index contributed by atoms with van der Waals surface area (Å²) in [5, 5.41) is 15.9. The summed E-state index contributed by atoms with van der Waals surface area (Å²) in [5.41, 5.74) is 3.98. The predicted octanol–water partition coefficient (Wildman–Crippen LogP) is 4.16. The number of methoxy groups -OCH3 is 1. The number of aromatic nitrogens is 7. The number of rotatable bonds is 9. The molecule has 0 saturated carbocycles. The third kappa shape index (κ3) is 5.18. The monoisotopic (exact) mass is 501 g/mol. The maximum atomic E-state index is 13.1. The average Bonchev–Trinajstić information content (AvgIpc) is 3.55. The zero-order chi connectivity index (χ0) is 25.1. The van der Waals surface area contributed by atoms with E-state index in [1.807, 2.05) is 36.4 Å². The van der Waals surface area contributed by atoms with Crippen molar-refractivity contribution in [2.24, 2.45) is 0 Å². The fourth-order valence-corrected chi connectivity index (χ4v) is 4.89. The van der Waals surface area contributed by atoms with Crippen LogP contribution in [-0.2, 0) is 19.4 Å². The lowest BCUT2D eigenvalue weighted by Crippen LogP contribution is -2.17. The Labute approximate surface area is 212 Å². The first-order valence-electron chi connectivity index (χ1n) is 11.9. The Hall–Kier alpha value is -3.92. The van der Waals surface area contributed by atoms with Crippen LogP contribution in [0, 0.1) is 0 Å². The van der Waals surface area contributed by atoms with E-state index < -0.39 is 0 Å². The van der Waals surface area contributed by atoms with Crippen LogP contribution in [0.25, 0.3) is 17.0 Å². The fraction of sp³-hybridized carbons (Fsp3) is 0.308. The van der Waals surface area contributed by atoms with E-state index in [4.69, 9.17) is 9.72 Å². The lowest BCUT2D eigenvalue weighted by molar-refractivity contribution is 0.414. The number of nitrogens with zero attached hydrogens (tertiary/aromatic N) is 7. The Kier molecular flexibility index (Phi) is 6.86. The van der Waals surface area contributed by atoms with E-state index in [2.05, 4.69) is 39.6 Å². The summed E-state index contributed by atoms with van der Waals surface area (Å²) in [5.74, 6) is 1.49. The largest absolute Gasteiger partial charge is 0.497 e. The normalized spacial score (nSPS) is 11.4. The third-order valence-electron chi connectivity index (χ3n) is 5.97. The number of hydrogen-bond donors (Lipinski definition) is 0. The molecule has 10 heteroatoms. The topological polar surface area (TPSA) is 100 Å². The van der Waals surface area contributed by atoms with Crippen LogP contribution in [-0.4, -0.2) is 41.7 Å².